The molecule has 1 heterocycles. The van der Waals surface area contributed by atoms with Crippen molar-refractivity contribution < 1.29 is 42.1 Å². The first kappa shape index (κ1) is 29.7. The molecule has 1 aliphatic heterocycles. The average Bonchev–Trinajstić information content (AvgIpc) is 3.25. The fraction of sp³-hybridized carbons (Fsp3) is 0.375. The Morgan fingerprint density at radius 3 is 2.16 bits per heavy atom. The molecule has 0 unspecified atom stereocenters. The van der Waals surface area contributed by atoms with Crippen molar-refractivity contribution in [2.75, 3.05) is 20.6 Å². The monoisotopic (exact) mass is 539 g/mol. The van der Waals surface area contributed by atoms with E-state index in [9.17, 15) is 32.3 Å². The second-order valence-corrected chi connectivity index (χ2v) is 10.6. The van der Waals surface area contributed by atoms with Gasteiger partial charge in [-0.05, 0) is 68.1 Å². The van der Waals surface area contributed by atoms with Gasteiger partial charge in [-0.1, -0.05) is 12.1 Å². The third-order valence-corrected chi connectivity index (χ3v) is 7.74. The number of halogens is 1. The highest BCUT2D eigenvalue weighted by atomic mass is 32.2. The highest BCUT2D eigenvalue weighted by Crippen LogP contribution is 2.34. The van der Waals surface area contributed by atoms with Crippen molar-refractivity contribution in [2.45, 2.75) is 42.7 Å². The van der Waals surface area contributed by atoms with Gasteiger partial charge in [0, 0.05) is 20.6 Å². The summed E-state index contributed by atoms with van der Waals surface area (Å²) >= 11 is 0. The minimum Gasteiger partial charge on any atom is -0.480 e. The number of carbonyl (C=O) groups is 3. The summed E-state index contributed by atoms with van der Waals surface area (Å²) in [6.45, 7) is 1.55. The number of carbonyl (C=O) groups excluding carboxylic acids is 1. The number of benzene rings is 2. The lowest BCUT2D eigenvalue weighted by Gasteiger charge is -2.30. The summed E-state index contributed by atoms with van der Waals surface area (Å²) in [4.78, 5) is 34.4. The van der Waals surface area contributed by atoms with Crippen molar-refractivity contribution in [1.29, 1.82) is 0 Å². The molecule has 0 saturated carbocycles. The predicted octanol–water partition coefficient (Wildman–Crippen LogP) is 2.15. The molecule has 1 saturated heterocycles. The van der Waals surface area contributed by atoms with Crippen molar-refractivity contribution >= 4 is 28.1 Å². The van der Waals surface area contributed by atoms with Gasteiger partial charge in [-0.3, -0.25) is 9.59 Å². The summed E-state index contributed by atoms with van der Waals surface area (Å²) in [6, 6.07) is 10.0. The van der Waals surface area contributed by atoms with E-state index in [-0.39, 0.29) is 24.3 Å². The maximum atomic E-state index is 12.8. The number of amides is 1. The normalized spacial score (nSPS) is 18.3. The SMILES string of the molecule is CN(C)C(=O)Oc1ccc(C[C@H](N)C(=O)O)cc1.C[C@@]1(C(=O)O)CCCN1S(=O)(=O)c1ccc(F)cc1. The van der Waals surface area contributed by atoms with Crippen LogP contribution in [0.2, 0.25) is 0 Å². The molecule has 1 fully saturated rings. The number of hydrogen-bond acceptors (Lipinski definition) is 7. The minimum atomic E-state index is -3.92. The third-order valence-electron chi connectivity index (χ3n) is 5.70. The lowest BCUT2D eigenvalue weighted by molar-refractivity contribution is -0.146. The smallest absolute Gasteiger partial charge is 0.414 e. The molecular weight excluding hydrogens is 509 g/mol. The summed E-state index contributed by atoms with van der Waals surface area (Å²) in [5, 5.41) is 17.9. The molecular formula is C24H30FN3O8S. The van der Waals surface area contributed by atoms with Crippen molar-refractivity contribution in [3.05, 3.63) is 59.9 Å². The van der Waals surface area contributed by atoms with Crippen molar-refractivity contribution in [2.24, 2.45) is 5.73 Å². The molecule has 3 rings (SSSR count). The maximum Gasteiger partial charge on any atom is 0.414 e. The van der Waals surface area contributed by atoms with E-state index in [1.807, 2.05) is 0 Å². The number of carboxylic acids is 2. The van der Waals surface area contributed by atoms with Crippen molar-refractivity contribution in [3.63, 3.8) is 0 Å². The second-order valence-electron chi connectivity index (χ2n) is 8.77. The molecule has 13 heteroatoms. The van der Waals surface area contributed by atoms with Crippen LogP contribution in [0.3, 0.4) is 0 Å². The van der Waals surface area contributed by atoms with E-state index in [4.69, 9.17) is 15.6 Å². The predicted molar refractivity (Wildman–Crippen MR) is 131 cm³/mol. The fourth-order valence-electron chi connectivity index (χ4n) is 3.50. The van der Waals surface area contributed by atoms with Gasteiger partial charge in [-0.25, -0.2) is 17.6 Å². The molecule has 1 aliphatic rings. The number of nitrogens with zero attached hydrogens (tertiary/aromatic N) is 2. The molecule has 0 aromatic heterocycles. The van der Waals surface area contributed by atoms with Crippen molar-refractivity contribution in [1.82, 2.24) is 9.21 Å². The Balaban J connectivity index is 0.000000261. The topological polar surface area (TPSA) is 168 Å². The first-order valence-electron chi connectivity index (χ1n) is 11.2. The molecule has 2 aromatic rings. The largest absolute Gasteiger partial charge is 0.480 e. The van der Waals surface area contributed by atoms with Gasteiger partial charge in [0.05, 0.1) is 4.90 Å². The van der Waals surface area contributed by atoms with E-state index in [1.54, 1.807) is 38.4 Å². The molecule has 0 radical (unpaired) electrons. The molecule has 202 valence electrons. The Labute approximate surface area is 214 Å². The molecule has 2 atom stereocenters. The van der Waals surface area contributed by atoms with Crippen LogP contribution in [-0.4, -0.2) is 78.1 Å². The van der Waals surface area contributed by atoms with Gasteiger partial charge in [-0.2, -0.15) is 4.31 Å². The lowest BCUT2D eigenvalue weighted by Crippen LogP contribution is -2.50. The summed E-state index contributed by atoms with van der Waals surface area (Å²) in [6.07, 6.45) is 0.522. The van der Waals surface area contributed by atoms with Gasteiger partial charge in [-0.15, -0.1) is 0 Å². The molecule has 4 N–H and O–H groups in total. The summed E-state index contributed by atoms with van der Waals surface area (Å²) in [5.41, 5.74) is 4.75. The van der Waals surface area contributed by atoms with Crippen LogP contribution in [0.1, 0.15) is 25.3 Å². The van der Waals surface area contributed by atoms with E-state index >= 15 is 0 Å². The zero-order chi connectivity index (χ0) is 28.0. The van der Waals surface area contributed by atoms with Crippen LogP contribution in [0.4, 0.5) is 9.18 Å². The van der Waals surface area contributed by atoms with Gasteiger partial charge in [0.25, 0.3) is 0 Å². The highest BCUT2D eigenvalue weighted by molar-refractivity contribution is 7.89. The van der Waals surface area contributed by atoms with Gasteiger partial charge >= 0.3 is 18.0 Å². The number of sulfonamides is 1. The Kier molecular flexibility index (Phi) is 9.73. The first-order valence-corrected chi connectivity index (χ1v) is 12.6. The molecule has 11 nitrogen and oxygen atoms in total. The molecule has 0 spiro atoms. The van der Waals surface area contributed by atoms with E-state index in [0.29, 0.717) is 12.2 Å². The Morgan fingerprint density at radius 1 is 1.11 bits per heavy atom. The first-order chi connectivity index (χ1) is 17.2. The van der Waals surface area contributed by atoms with Gasteiger partial charge in [0.15, 0.2) is 0 Å². The molecule has 2 aromatic carbocycles. The van der Waals surface area contributed by atoms with E-state index in [1.165, 1.54) is 11.8 Å². The number of aliphatic carboxylic acids is 2. The van der Waals surface area contributed by atoms with Crippen LogP contribution in [0, 0.1) is 5.82 Å². The van der Waals surface area contributed by atoms with Crippen LogP contribution >= 0.6 is 0 Å². The number of hydrogen-bond donors (Lipinski definition) is 3. The lowest BCUT2D eigenvalue weighted by atomic mass is 10.0. The summed E-state index contributed by atoms with van der Waals surface area (Å²) < 4.78 is 43.6. The molecule has 0 bridgehead atoms. The van der Waals surface area contributed by atoms with Gasteiger partial charge in [0.2, 0.25) is 10.0 Å². The number of ether oxygens (including phenoxy) is 1. The summed E-state index contributed by atoms with van der Waals surface area (Å²) in [5.74, 6) is -2.35. The standard InChI is InChI=1S/C12H14FNO4S.C12H16N2O4/c1-12(11(15)16)7-2-8-14(12)19(17,18)10-5-3-9(13)4-6-10;1-14(2)12(17)18-9-5-3-8(4-6-9)7-10(13)11(15)16/h3-6H,2,7-8H2,1H3,(H,15,16);3-6,10H,7,13H2,1-2H3,(H,15,16)/t12-;10-/m00/s1. The van der Waals surface area contributed by atoms with E-state index < -0.39 is 45.5 Å². The van der Waals surface area contributed by atoms with Gasteiger partial charge in [0.1, 0.15) is 23.1 Å². The van der Waals surface area contributed by atoms with Crippen LogP contribution in [0.5, 0.6) is 5.75 Å². The van der Waals surface area contributed by atoms with Crippen LogP contribution < -0.4 is 10.5 Å². The van der Waals surface area contributed by atoms with Crippen LogP contribution in [0.25, 0.3) is 0 Å². The summed E-state index contributed by atoms with van der Waals surface area (Å²) in [7, 11) is -0.750. The van der Waals surface area contributed by atoms with Crippen LogP contribution in [-0.2, 0) is 26.0 Å². The van der Waals surface area contributed by atoms with E-state index in [0.717, 1.165) is 34.1 Å². The quantitative estimate of drug-likeness (QED) is 0.477. The zero-order valence-corrected chi connectivity index (χ0v) is 21.4. The average molecular weight is 540 g/mol. The van der Waals surface area contributed by atoms with E-state index in [2.05, 4.69) is 0 Å². The maximum absolute atomic E-state index is 12.8. The molecule has 0 aliphatic carbocycles. The zero-order valence-electron chi connectivity index (χ0n) is 20.6. The fourth-order valence-corrected chi connectivity index (χ4v) is 5.30. The molecule has 1 amide bonds. The van der Waals surface area contributed by atoms with Gasteiger partial charge < -0.3 is 25.6 Å². The minimum absolute atomic E-state index is 0.0942. The Bertz CT molecular complexity index is 1220. The molecule has 37 heavy (non-hydrogen) atoms. The highest BCUT2D eigenvalue weighted by Gasteiger charge is 2.49. The Morgan fingerprint density at radius 2 is 1.68 bits per heavy atom. The van der Waals surface area contributed by atoms with Crippen LogP contribution in [0.15, 0.2) is 53.4 Å². The number of carboxylic acid groups (broad SMARTS) is 2. The number of nitrogens with two attached hydrogens (primary N) is 1. The second kappa shape index (κ2) is 12.1. The third kappa shape index (κ3) is 7.47. The van der Waals surface area contributed by atoms with Crippen molar-refractivity contribution in [3.8, 4) is 5.75 Å². The Hall–Kier alpha value is -3.55. The number of rotatable bonds is 7.